The molecule has 3 aliphatic rings. The van der Waals surface area contributed by atoms with Crippen LogP contribution in [0, 0.1) is 18.3 Å². The van der Waals surface area contributed by atoms with Crippen LogP contribution in [0.1, 0.15) is 80.0 Å². The van der Waals surface area contributed by atoms with E-state index in [2.05, 4.69) is 39.0 Å². The van der Waals surface area contributed by atoms with Crippen molar-refractivity contribution in [1.82, 2.24) is 0 Å². The van der Waals surface area contributed by atoms with Crippen LogP contribution >= 0.6 is 0 Å². The van der Waals surface area contributed by atoms with Crippen molar-refractivity contribution in [3.63, 3.8) is 0 Å². The van der Waals surface area contributed by atoms with Gasteiger partial charge in [0.2, 0.25) is 0 Å². The van der Waals surface area contributed by atoms with E-state index in [9.17, 15) is 0 Å². The quantitative estimate of drug-likeness (QED) is 0.496. The van der Waals surface area contributed by atoms with Crippen molar-refractivity contribution in [1.29, 1.82) is 0 Å². The normalized spacial score (nSPS) is 31.2. The van der Waals surface area contributed by atoms with E-state index in [0.717, 1.165) is 11.8 Å². The average molecular weight is 355 g/mol. The highest BCUT2D eigenvalue weighted by Gasteiger charge is 2.49. The molecule has 0 amide bonds. The van der Waals surface area contributed by atoms with Crippen LogP contribution < -0.4 is 0 Å². The van der Waals surface area contributed by atoms with Gasteiger partial charge in [0.25, 0.3) is 0 Å². The Kier molecular flexibility index (Phi) is 4.77. The summed E-state index contributed by atoms with van der Waals surface area (Å²) in [5, 5.41) is 0. The molecule has 2 heteroatoms. The number of hydrogen-bond acceptors (Lipinski definition) is 2. The first-order valence-electron chi connectivity index (χ1n) is 10.4. The first-order valence-corrected chi connectivity index (χ1v) is 10.4. The molecule has 1 fully saturated rings. The van der Waals surface area contributed by atoms with Gasteiger partial charge >= 0.3 is 0 Å². The molecule has 26 heavy (non-hydrogen) atoms. The molecule has 0 radical (unpaired) electrons. The molecule has 0 aromatic heterocycles. The molecule has 0 spiro atoms. The average Bonchev–Trinajstić information content (AvgIpc) is 3.03. The summed E-state index contributed by atoms with van der Waals surface area (Å²) in [6.45, 7) is 7.10. The Morgan fingerprint density at radius 2 is 1.96 bits per heavy atom. The van der Waals surface area contributed by atoms with Gasteiger partial charge in [-0.2, -0.15) is 0 Å². The van der Waals surface area contributed by atoms with E-state index in [-0.39, 0.29) is 12.2 Å². The van der Waals surface area contributed by atoms with Gasteiger partial charge in [0, 0.05) is 20.1 Å². The summed E-state index contributed by atoms with van der Waals surface area (Å²) in [7, 11) is 3.47. The molecule has 3 aliphatic carbocycles. The van der Waals surface area contributed by atoms with E-state index < -0.39 is 0 Å². The number of allylic oxidation sites excluding steroid dienone is 2. The zero-order chi connectivity index (χ0) is 18.5. The summed E-state index contributed by atoms with van der Waals surface area (Å²) in [6, 6.07) is 4.78. The van der Waals surface area contributed by atoms with Crippen molar-refractivity contribution in [3.8, 4) is 0 Å². The summed E-state index contributed by atoms with van der Waals surface area (Å²) >= 11 is 0. The second-order valence-electron chi connectivity index (χ2n) is 8.97. The SMILES string of the molecule is COC(OC)[C@@H](C)c1ccc2c(c1C)CC1C2CCC2=CCCC[C@@]21C. The van der Waals surface area contributed by atoms with E-state index in [1.54, 1.807) is 30.9 Å². The molecule has 0 saturated heterocycles. The molecule has 0 bridgehead atoms. The maximum Gasteiger partial charge on any atom is 0.163 e. The Bertz CT molecular complexity index is 715. The summed E-state index contributed by atoms with van der Waals surface area (Å²) in [4.78, 5) is 0. The molecule has 0 N–H and O–H groups in total. The third-order valence-electron chi connectivity index (χ3n) is 7.92. The molecule has 1 saturated carbocycles. The topological polar surface area (TPSA) is 18.5 Å². The molecule has 4 rings (SSSR count). The largest absolute Gasteiger partial charge is 0.355 e. The predicted octanol–water partition coefficient (Wildman–Crippen LogP) is 5.88. The fourth-order valence-corrected chi connectivity index (χ4v) is 6.42. The smallest absolute Gasteiger partial charge is 0.163 e. The summed E-state index contributed by atoms with van der Waals surface area (Å²) in [5.41, 5.74) is 8.33. The molecule has 1 aromatic carbocycles. The molecule has 0 heterocycles. The maximum atomic E-state index is 5.54. The van der Waals surface area contributed by atoms with Gasteiger partial charge < -0.3 is 9.47 Å². The number of hydrogen-bond donors (Lipinski definition) is 0. The third-order valence-corrected chi connectivity index (χ3v) is 7.92. The van der Waals surface area contributed by atoms with Crippen molar-refractivity contribution in [3.05, 3.63) is 46.0 Å². The van der Waals surface area contributed by atoms with E-state index in [4.69, 9.17) is 9.47 Å². The Morgan fingerprint density at radius 3 is 2.69 bits per heavy atom. The molecular formula is C24H34O2. The third kappa shape index (κ3) is 2.60. The zero-order valence-electron chi connectivity index (χ0n) is 17.1. The van der Waals surface area contributed by atoms with Gasteiger partial charge in [-0.25, -0.2) is 0 Å². The minimum atomic E-state index is -0.180. The lowest BCUT2D eigenvalue weighted by molar-refractivity contribution is -0.115. The van der Waals surface area contributed by atoms with Crippen molar-refractivity contribution in [2.24, 2.45) is 11.3 Å². The van der Waals surface area contributed by atoms with Gasteiger partial charge in [-0.3, -0.25) is 0 Å². The Morgan fingerprint density at radius 1 is 1.19 bits per heavy atom. The van der Waals surface area contributed by atoms with Crippen molar-refractivity contribution < 1.29 is 9.47 Å². The fraction of sp³-hybridized carbons (Fsp3) is 0.667. The number of benzene rings is 1. The van der Waals surface area contributed by atoms with Crippen molar-refractivity contribution in [2.75, 3.05) is 14.2 Å². The lowest BCUT2D eigenvalue weighted by Gasteiger charge is -2.47. The van der Waals surface area contributed by atoms with E-state index in [1.165, 1.54) is 49.7 Å². The first-order chi connectivity index (χ1) is 12.5. The predicted molar refractivity (Wildman–Crippen MR) is 107 cm³/mol. The Labute approximate surface area is 159 Å². The number of fused-ring (bicyclic) bond motifs is 5. The highest BCUT2D eigenvalue weighted by atomic mass is 16.7. The summed E-state index contributed by atoms with van der Waals surface area (Å²) < 4.78 is 11.1. The molecule has 1 aromatic rings. The van der Waals surface area contributed by atoms with Crippen LogP contribution in [0.4, 0.5) is 0 Å². The van der Waals surface area contributed by atoms with E-state index in [1.807, 2.05) is 0 Å². The molecule has 142 valence electrons. The standard InChI is InChI=1S/C24H34O2/c1-15-18(16(2)23(25-4)26-5)11-12-19-20-10-9-17-8-6-7-13-24(17,3)22(20)14-21(15)19/h8,11-12,16,20,22-23H,6-7,9-10,13-14H2,1-5H3/t16-,20?,22?,24-/m0/s1. The molecule has 0 aliphatic heterocycles. The second kappa shape index (κ2) is 6.80. The maximum absolute atomic E-state index is 5.54. The highest BCUT2D eigenvalue weighted by molar-refractivity contribution is 5.49. The van der Waals surface area contributed by atoms with E-state index >= 15 is 0 Å². The van der Waals surface area contributed by atoms with Crippen molar-refractivity contribution >= 4 is 0 Å². The molecule has 4 atom stereocenters. The highest BCUT2D eigenvalue weighted by Crippen LogP contribution is 2.60. The van der Waals surface area contributed by atoms with Gasteiger partial charge in [-0.05, 0) is 85.0 Å². The van der Waals surface area contributed by atoms with Crippen LogP contribution in [0.25, 0.3) is 0 Å². The van der Waals surface area contributed by atoms with E-state index in [0.29, 0.717) is 5.41 Å². The zero-order valence-corrected chi connectivity index (χ0v) is 17.1. The fourth-order valence-electron chi connectivity index (χ4n) is 6.42. The number of rotatable bonds is 4. The van der Waals surface area contributed by atoms with Crippen LogP contribution in [-0.2, 0) is 15.9 Å². The van der Waals surface area contributed by atoms with Gasteiger partial charge in [-0.15, -0.1) is 0 Å². The van der Waals surface area contributed by atoms with Gasteiger partial charge in [0.15, 0.2) is 6.29 Å². The van der Waals surface area contributed by atoms with Gasteiger partial charge in [0.05, 0.1) is 0 Å². The van der Waals surface area contributed by atoms with Crippen LogP contribution in [0.3, 0.4) is 0 Å². The molecular weight excluding hydrogens is 320 g/mol. The van der Waals surface area contributed by atoms with Crippen LogP contribution in [0.2, 0.25) is 0 Å². The molecule has 2 nitrogen and oxygen atoms in total. The van der Waals surface area contributed by atoms with Crippen LogP contribution in [0.15, 0.2) is 23.8 Å². The first kappa shape index (κ1) is 18.3. The minimum absolute atomic E-state index is 0.180. The minimum Gasteiger partial charge on any atom is -0.355 e. The molecule has 2 unspecified atom stereocenters. The van der Waals surface area contributed by atoms with Crippen LogP contribution in [0.5, 0.6) is 0 Å². The number of ether oxygens (including phenoxy) is 2. The summed E-state index contributed by atoms with van der Waals surface area (Å²) in [5.74, 6) is 1.80. The Hall–Kier alpha value is -1.12. The van der Waals surface area contributed by atoms with Crippen LogP contribution in [-0.4, -0.2) is 20.5 Å². The summed E-state index contributed by atoms with van der Waals surface area (Å²) in [6.07, 6.45) is 10.3. The number of methoxy groups -OCH3 is 2. The lowest BCUT2D eigenvalue weighted by Crippen LogP contribution is -2.37. The Balaban J connectivity index is 1.70. The second-order valence-corrected chi connectivity index (χ2v) is 8.97. The van der Waals surface area contributed by atoms with Gasteiger partial charge in [-0.1, -0.05) is 37.6 Å². The van der Waals surface area contributed by atoms with Crippen molar-refractivity contribution in [2.45, 2.75) is 77.4 Å². The monoisotopic (exact) mass is 354 g/mol. The van der Waals surface area contributed by atoms with Gasteiger partial charge in [0.1, 0.15) is 0 Å². The lowest BCUT2D eigenvalue weighted by atomic mass is 9.57.